The summed E-state index contributed by atoms with van der Waals surface area (Å²) in [5.41, 5.74) is 9.39. The summed E-state index contributed by atoms with van der Waals surface area (Å²) in [5, 5.41) is 0. The monoisotopic (exact) mass is 407 g/mol. The Labute approximate surface area is 147 Å². The van der Waals surface area contributed by atoms with Crippen LogP contribution < -0.4 is 0 Å². The van der Waals surface area contributed by atoms with Crippen LogP contribution in [-0.2, 0) is 19.4 Å². The van der Waals surface area contributed by atoms with Gasteiger partial charge in [-0.3, -0.25) is 0 Å². The van der Waals surface area contributed by atoms with E-state index in [2.05, 4.69) is 63.2 Å². The van der Waals surface area contributed by atoms with Gasteiger partial charge in [-0.25, -0.2) is 0 Å². The summed E-state index contributed by atoms with van der Waals surface area (Å²) in [5.74, 6) is 0. The van der Waals surface area contributed by atoms with E-state index in [1.54, 1.807) is 0 Å². The Balaban J connectivity index is 2.27. The van der Waals surface area contributed by atoms with E-state index in [1.807, 2.05) is 0 Å². The summed E-state index contributed by atoms with van der Waals surface area (Å²) in [6, 6.07) is 13.1. The molecular weight excluding hydrogens is 390 g/mol. The molecule has 0 aromatic heterocycles. The van der Waals surface area contributed by atoms with Crippen LogP contribution >= 0.6 is 17.0 Å². The summed E-state index contributed by atoms with van der Waals surface area (Å²) >= 11 is -2.38. The Hall–Kier alpha value is -0.357. The number of benzene rings is 2. The second-order valence-corrected chi connectivity index (χ2v) is 14.7. The Kier molecular flexibility index (Phi) is 4.98. The topological polar surface area (TPSA) is 0 Å². The molecule has 0 saturated heterocycles. The van der Waals surface area contributed by atoms with Crippen molar-refractivity contribution in [1.82, 2.24) is 0 Å². The Morgan fingerprint density at radius 2 is 1.73 bits per heavy atom. The molecule has 0 spiro atoms. The van der Waals surface area contributed by atoms with Crippen molar-refractivity contribution in [2.45, 2.75) is 30.8 Å². The number of halogens is 2. The first kappa shape index (κ1) is 16.5. The van der Waals surface area contributed by atoms with Crippen molar-refractivity contribution in [2.75, 3.05) is 0 Å². The first-order chi connectivity index (χ1) is 10.5. The fraction of sp³-hybridized carbons (Fsp3) is 0.263. The van der Waals surface area contributed by atoms with Crippen LogP contribution in [0.2, 0.25) is 0 Å². The SMILES string of the molecule is CCC1=Cc2c(ccc(C)c2-c2ccccc2C)[CH]1[Zr]([Cl])[Cl]. The van der Waals surface area contributed by atoms with Crippen LogP contribution in [0.1, 0.15) is 39.2 Å². The Morgan fingerprint density at radius 1 is 1.00 bits per heavy atom. The predicted octanol–water partition coefficient (Wildman–Crippen LogP) is 6.74. The quantitative estimate of drug-likeness (QED) is 0.526. The average molecular weight is 409 g/mol. The average Bonchev–Trinajstić information content (AvgIpc) is 2.87. The van der Waals surface area contributed by atoms with Crippen molar-refractivity contribution in [3.8, 4) is 11.1 Å². The number of hydrogen-bond acceptors (Lipinski definition) is 0. The number of hydrogen-bond donors (Lipinski definition) is 0. The summed E-state index contributed by atoms with van der Waals surface area (Å²) in [4.78, 5) is 0. The van der Waals surface area contributed by atoms with Crippen LogP contribution in [0.25, 0.3) is 17.2 Å². The van der Waals surface area contributed by atoms with Gasteiger partial charge in [0.25, 0.3) is 0 Å². The third-order valence-corrected chi connectivity index (χ3v) is 9.87. The van der Waals surface area contributed by atoms with E-state index in [0.29, 0.717) is 3.63 Å². The van der Waals surface area contributed by atoms with Gasteiger partial charge in [0.2, 0.25) is 0 Å². The maximum atomic E-state index is 6.48. The van der Waals surface area contributed by atoms with E-state index in [-0.39, 0.29) is 0 Å². The predicted molar refractivity (Wildman–Crippen MR) is 94.1 cm³/mol. The summed E-state index contributed by atoms with van der Waals surface area (Å²) < 4.78 is 0.314. The van der Waals surface area contributed by atoms with Crippen LogP contribution in [0.15, 0.2) is 42.0 Å². The second kappa shape index (κ2) is 6.64. The van der Waals surface area contributed by atoms with Gasteiger partial charge in [-0.1, -0.05) is 0 Å². The molecule has 113 valence electrons. The van der Waals surface area contributed by atoms with E-state index in [4.69, 9.17) is 17.0 Å². The maximum absolute atomic E-state index is 6.48. The van der Waals surface area contributed by atoms with Gasteiger partial charge in [0.1, 0.15) is 0 Å². The third kappa shape index (κ3) is 2.77. The Morgan fingerprint density at radius 3 is 2.36 bits per heavy atom. The third-order valence-electron chi connectivity index (χ3n) is 4.54. The van der Waals surface area contributed by atoms with Crippen molar-refractivity contribution in [2.24, 2.45) is 0 Å². The van der Waals surface area contributed by atoms with Gasteiger partial charge in [0, 0.05) is 0 Å². The van der Waals surface area contributed by atoms with Crippen molar-refractivity contribution in [3.05, 3.63) is 64.2 Å². The normalized spacial score (nSPS) is 16.4. The molecule has 0 bridgehead atoms. The molecule has 0 amide bonds. The molecule has 0 heterocycles. The molecular formula is C19H19Cl2Zr. The van der Waals surface area contributed by atoms with E-state index in [9.17, 15) is 0 Å². The van der Waals surface area contributed by atoms with Gasteiger partial charge in [-0.15, -0.1) is 0 Å². The van der Waals surface area contributed by atoms with Crippen LogP contribution in [-0.4, -0.2) is 0 Å². The minimum absolute atomic E-state index is 0.314. The van der Waals surface area contributed by atoms with Gasteiger partial charge in [-0.05, 0) is 0 Å². The first-order valence-electron chi connectivity index (χ1n) is 7.62. The molecule has 1 aliphatic rings. The second-order valence-electron chi connectivity index (χ2n) is 5.87. The van der Waals surface area contributed by atoms with Gasteiger partial charge >= 0.3 is 149 Å². The molecule has 0 saturated carbocycles. The molecule has 1 aliphatic carbocycles. The fourth-order valence-electron chi connectivity index (χ4n) is 3.40. The van der Waals surface area contributed by atoms with Crippen LogP contribution in [0.3, 0.4) is 0 Å². The van der Waals surface area contributed by atoms with Gasteiger partial charge in [0.15, 0.2) is 0 Å². The van der Waals surface area contributed by atoms with Crippen molar-refractivity contribution >= 4 is 23.1 Å². The standard InChI is InChI=1S/C19H19.2ClH.Zr/c1-4-15-11-16-10-9-14(3)19(18(16)12-15)17-8-6-5-7-13(17)2;;;/h5-12H,4H2,1-3H3;2*1H;/q;;;+2/p-2. The molecule has 3 rings (SSSR count). The van der Waals surface area contributed by atoms with Crippen molar-refractivity contribution in [1.29, 1.82) is 0 Å². The molecule has 0 radical (unpaired) electrons. The Bertz CT molecular complexity index is 747. The van der Waals surface area contributed by atoms with E-state index in [0.717, 1.165) is 6.42 Å². The van der Waals surface area contributed by atoms with Gasteiger partial charge in [-0.2, -0.15) is 0 Å². The number of allylic oxidation sites excluding steroid dienone is 1. The van der Waals surface area contributed by atoms with E-state index < -0.39 is 19.4 Å². The van der Waals surface area contributed by atoms with E-state index >= 15 is 0 Å². The molecule has 0 N–H and O–H groups in total. The molecule has 2 aromatic carbocycles. The minimum atomic E-state index is -2.38. The van der Waals surface area contributed by atoms with E-state index in [1.165, 1.54) is 39.0 Å². The zero-order valence-electron chi connectivity index (χ0n) is 13.1. The number of rotatable bonds is 3. The van der Waals surface area contributed by atoms with Crippen molar-refractivity contribution < 1.29 is 19.4 Å². The number of fused-ring (bicyclic) bond motifs is 1. The zero-order chi connectivity index (χ0) is 15.9. The molecule has 1 atom stereocenters. The zero-order valence-corrected chi connectivity index (χ0v) is 17.1. The van der Waals surface area contributed by atoms with Crippen LogP contribution in [0, 0.1) is 13.8 Å². The summed E-state index contributed by atoms with van der Waals surface area (Å²) in [6.45, 7) is 6.57. The molecule has 1 unspecified atom stereocenters. The summed E-state index contributed by atoms with van der Waals surface area (Å²) in [6.07, 6.45) is 3.37. The number of aryl methyl sites for hydroxylation is 2. The molecule has 2 aromatic rings. The molecule has 0 aliphatic heterocycles. The molecule has 22 heavy (non-hydrogen) atoms. The summed E-state index contributed by atoms with van der Waals surface area (Å²) in [7, 11) is 13.0. The van der Waals surface area contributed by atoms with Crippen LogP contribution in [0.4, 0.5) is 0 Å². The molecule has 0 fully saturated rings. The molecule has 3 heteroatoms. The van der Waals surface area contributed by atoms with Crippen molar-refractivity contribution in [3.63, 3.8) is 0 Å². The van der Waals surface area contributed by atoms with Gasteiger partial charge < -0.3 is 0 Å². The van der Waals surface area contributed by atoms with Crippen LogP contribution in [0.5, 0.6) is 0 Å². The molecule has 0 nitrogen and oxygen atoms in total. The fourth-order valence-corrected chi connectivity index (χ4v) is 9.04. The van der Waals surface area contributed by atoms with Gasteiger partial charge in [0.05, 0.1) is 0 Å². The first-order valence-corrected chi connectivity index (χ1v) is 15.4.